The van der Waals surface area contributed by atoms with Crippen LogP contribution in [0.4, 0.5) is 0 Å². The van der Waals surface area contributed by atoms with E-state index in [-0.39, 0.29) is 25.0 Å². The molecule has 2 amide bonds. The summed E-state index contributed by atoms with van der Waals surface area (Å²) >= 11 is 1.46. The van der Waals surface area contributed by atoms with E-state index in [1.165, 1.54) is 11.3 Å². The first-order chi connectivity index (χ1) is 12.0. The Morgan fingerprint density at radius 3 is 3.04 bits per heavy atom. The van der Waals surface area contributed by atoms with Gasteiger partial charge in [0.05, 0.1) is 18.0 Å². The number of hydrogen-bond acceptors (Lipinski definition) is 5. The Morgan fingerprint density at radius 2 is 2.24 bits per heavy atom. The molecule has 2 aromatic rings. The third-order valence-corrected chi connectivity index (χ3v) is 6.25. The molecule has 2 aliphatic heterocycles. The molecule has 6 nitrogen and oxygen atoms in total. The van der Waals surface area contributed by atoms with Crippen LogP contribution in [0.25, 0.3) is 10.1 Å². The number of carbonyl (C=O) groups excluding carboxylic acids is 2. The molecule has 132 valence electrons. The number of likely N-dealkylation sites (tertiary alicyclic amines) is 1. The fraction of sp³-hybridized carbons (Fsp3) is 0.444. The van der Waals surface area contributed by atoms with E-state index in [0.717, 1.165) is 26.9 Å². The van der Waals surface area contributed by atoms with Gasteiger partial charge in [-0.2, -0.15) is 0 Å². The maximum absolute atomic E-state index is 12.9. The largest absolute Gasteiger partial charge is 0.393 e. The second-order valence-electron chi connectivity index (χ2n) is 6.84. The predicted molar refractivity (Wildman–Crippen MR) is 95.0 cm³/mol. The van der Waals surface area contributed by atoms with Crippen molar-refractivity contribution in [3.05, 3.63) is 34.2 Å². The summed E-state index contributed by atoms with van der Waals surface area (Å²) in [6, 6.07) is 5.52. The first-order valence-corrected chi connectivity index (χ1v) is 9.28. The van der Waals surface area contributed by atoms with Crippen molar-refractivity contribution in [2.24, 2.45) is 0 Å². The summed E-state index contributed by atoms with van der Waals surface area (Å²) < 4.78 is 1.00. The Hall–Kier alpha value is -1.96. The second kappa shape index (κ2) is 6.09. The van der Waals surface area contributed by atoms with Gasteiger partial charge in [-0.15, -0.1) is 11.3 Å². The molecule has 3 heterocycles. The molecule has 0 bridgehead atoms. The highest BCUT2D eigenvalue weighted by Crippen LogP contribution is 2.34. The van der Waals surface area contributed by atoms with Crippen LogP contribution in [0.15, 0.2) is 18.2 Å². The average Bonchev–Trinajstić information content (AvgIpc) is 3.00. The van der Waals surface area contributed by atoms with Gasteiger partial charge in [0.1, 0.15) is 5.60 Å². The molecule has 1 saturated heterocycles. The molecule has 0 unspecified atom stereocenters. The summed E-state index contributed by atoms with van der Waals surface area (Å²) in [7, 11) is 0. The SMILES string of the molecule is O=C1NCCc2c1sc1ccc(C(=O)N3CCC[C@](O)(CO)C3)cc21. The smallest absolute Gasteiger partial charge is 0.261 e. The van der Waals surface area contributed by atoms with Crippen LogP contribution in [0.3, 0.4) is 0 Å². The summed E-state index contributed by atoms with van der Waals surface area (Å²) in [6.45, 7) is 0.988. The fourth-order valence-electron chi connectivity index (χ4n) is 3.69. The Kier molecular flexibility index (Phi) is 4.02. The first kappa shape index (κ1) is 16.5. The van der Waals surface area contributed by atoms with Crippen LogP contribution in [-0.4, -0.2) is 58.8 Å². The molecule has 7 heteroatoms. The fourth-order valence-corrected chi connectivity index (χ4v) is 4.84. The van der Waals surface area contributed by atoms with Crippen LogP contribution in [-0.2, 0) is 6.42 Å². The predicted octanol–water partition coefficient (Wildman–Crippen LogP) is 1.15. The Labute approximate surface area is 149 Å². The minimum absolute atomic E-state index is 0.0423. The Morgan fingerprint density at radius 1 is 1.40 bits per heavy atom. The average molecular weight is 360 g/mol. The van der Waals surface area contributed by atoms with Gasteiger partial charge in [-0.05, 0) is 48.4 Å². The maximum atomic E-state index is 12.9. The maximum Gasteiger partial charge on any atom is 0.261 e. The molecule has 0 aliphatic carbocycles. The standard InChI is InChI=1S/C18H20N2O4S/c21-10-18(24)5-1-7-20(9-18)17(23)11-2-3-14-13(8-11)12-4-6-19-16(22)15(12)25-14/h2-3,8,21,24H,1,4-7,9-10H2,(H,19,22)/t18-/m1/s1. The molecule has 0 spiro atoms. The van der Waals surface area contributed by atoms with E-state index in [0.29, 0.717) is 31.5 Å². The number of aliphatic hydroxyl groups is 2. The molecule has 1 aromatic heterocycles. The van der Waals surface area contributed by atoms with Crippen LogP contribution in [0.5, 0.6) is 0 Å². The highest BCUT2D eigenvalue weighted by molar-refractivity contribution is 7.21. The zero-order valence-corrected chi connectivity index (χ0v) is 14.6. The number of rotatable bonds is 2. The lowest BCUT2D eigenvalue weighted by atomic mass is 9.93. The van der Waals surface area contributed by atoms with Crippen molar-refractivity contribution >= 4 is 33.2 Å². The number of thiophene rings is 1. The lowest BCUT2D eigenvalue weighted by Crippen LogP contribution is -2.52. The van der Waals surface area contributed by atoms with Crippen molar-refractivity contribution in [1.82, 2.24) is 10.2 Å². The van der Waals surface area contributed by atoms with E-state index in [1.807, 2.05) is 12.1 Å². The van der Waals surface area contributed by atoms with Crippen LogP contribution in [0, 0.1) is 0 Å². The van der Waals surface area contributed by atoms with E-state index in [2.05, 4.69) is 5.32 Å². The molecular formula is C18H20N2O4S. The normalized spacial score (nSPS) is 23.4. The number of benzene rings is 1. The lowest BCUT2D eigenvalue weighted by molar-refractivity contribution is -0.0598. The number of hydrogen-bond donors (Lipinski definition) is 3. The van der Waals surface area contributed by atoms with Crippen molar-refractivity contribution in [2.45, 2.75) is 24.9 Å². The van der Waals surface area contributed by atoms with Gasteiger partial charge in [-0.1, -0.05) is 0 Å². The molecule has 4 rings (SSSR count). The number of piperidine rings is 1. The first-order valence-electron chi connectivity index (χ1n) is 8.47. The van der Waals surface area contributed by atoms with E-state index < -0.39 is 5.60 Å². The molecule has 2 aliphatic rings. The lowest BCUT2D eigenvalue weighted by Gasteiger charge is -2.38. The van der Waals surface area contributed by atoms with E-state index in [9.17, 15) is 19.8 Å². The summed E-state index contributed by atoms with van der Waals surface area (Å²) in [5, 5.41) is 23.5. The Bertz CT molecular complexity index is 862. The molecule has 1 aromatic carbocycles. The molecule has 1 atom stereocenters. The van der Waals surface area contributed by atoms with Crippen molar-refractivity contribution in [1.29, 1.82) is 0 Å². The third kappa shape index (κ3) is 2.82. The van der Waals surface area contributed by atoms with Crippen molar-refractivity contribution in [3.8, 4) is 0 Å². The zero-order chi connectivity index (χ0) is 17.6. The number of carbonyl (C=O) groups is 2. The van der Waals surface area contributed by atoms with Gasteiger partial charge in [0.2, 0.25) is 0 Å². The van der Waals surface area contributed by atoms with Crippen molar-refractivity contribution < 1.29 is 19.8 Å². The molecular weight excluding hydrogens is 340 g/mol. The van der Waals surface area contributed by atoms with Gasteiger partial charge >= 0.3 is 0 Å². The molecule has 0 saturated carbocycles. The molecule has 3 N–H and O–H groups in total. The van der Waals surface area contributed by atoms with Crippen molar-refractivity contribution in [3.63, 3.8) is 0 Å². The number of nitrogens with zero attached hydrogens (tertiary/aromatic N) is 1. The minimum atomic E-state index is -1.21. The molecule has 25 heavy (non-hydrogen) atoms. The van der Waals surface area contributed by atoms with Gasteiger partial charge in [0, 0.05) is 23.4 Å². The second-order valence-corrected chi connectivity index (χ2v) is 7.89. The minimum Gasteiger partial charge on any atom is -0.393 e. The highest BCUT2D eigenvalue weighted by atomic mass is 32.1. The third-order valence-electron chi connectivity index (χ3n) is 5.04. The number of β-amino-alcohol motifs (C(OH)–C–C–N with tert-alkyl or cyclic N) is 1. The molecule has 1 fully saturated rings. The van der Waals surface area contributed by atoms with Gasteiger partial charge in [0.15, 0.2) is 0 Å². The highest BCUT2D eigenvalue weighted by Gasteiger charge is 2.35. The number of fused-ring (bicyclic) bond motifs is 3. The summed E-state index contributed by atoms with van der Waals surface area (Å²) in [5.41, 5.74) is 0.364. The number of nitrogens with one attached hydrogen (secondary N) is 1. The van der Waals surface area contributed by atoms with E-state index >= 15 is 0 Å². The summed E-state index contributed by atoms with van der Waals surface area (Å²) in [5.74, 6) is -0.187. The van der Waals surface area contributed by atoms with Gasteiger partial charge in [0.25, 0.3) is 11.8 Å². The van der Waals surface area contributed by atoms with Gasteiger partial charge < -0.3 is 20.4 Å². The van der Waals surface area contributed by atoms with Crippen LogP contribution < -0.4 is 5.32 Å². The summed E-state index contributed by atoms with van der Waals surface area (Å²) in [4.78, 5) is 27.2. The van der Waals surface area contributed by atoms with Crippen LogP contribution >= 0.6 is 11.3 Å². The number of aliphatic hydroxyl groups excluding tert-OH is 1. The van der Waals surface area contributed by atoms with Crippen LogP contribution in [0.2, 0.25) is 0 Å². The quantitative estimate of drug-likeness (QED) is 0.749. The van der Waals surface area contributed by atoms with Crippen molar-refractivity contribution in [2.75, 3.05) is 26.2 Å². The molecule has 0 radical (unpaired) electrons. The van der Waals surface area contributed by atoms with Crippen LogP contribution in [0.1, 0.15) is 38.4 Å². The Balaban J connectivity index is 1.67. The monoisotopic (exact) mass is 360 g/mol. The number of amides is 2. The zero-order valence-electron chi connectivity index (χ0n) is 13.7. The van der Waals surface area contributed by atoms with E-state index in [4.69, 9.17) is 0 Å². The van der Waals surface area contributed by atoms with E-state index in [1.54, 1.807) is 11.0 Å². The van der Waals surface area contributed by atoms with Gasteiger partial charge in [-0.25, -0.2) is 0 Å². The van der Waals surface area contributed by atoms with Gasteiger partial charge in [-0.3, -0.25) is 9.59 Å². The topological polar surface area (TPSA) is 89.9 Å². The summed E-state index contributed by atoms with van der Waals surface area (Å²) in [6.07, 6.45) is 1.94.